The molecular weight excluding hydrogens is 466 g/mol. The molecule has 2 aromatic rings. The number of hydrogen-bond acceptors (Lipinski definition) is 9. The van der Waals surface area contributed by atoms with Crippen molar-refractivity contribution < 1.29 is 22.7 Å². The van der Waals surface area contributed by atoms with Gasteiger partial charge < -0.3 is 20.5 Å². The lowest BCUT2D eigenvalue weighted by atomic mass is 9.91. The number of carbonyl (C=O) groups excluding carboxylic acids is 1. The predicted molar refractivity (Wildman–Crippen MR) is 117 cm³/mol. The zero-order chi connectivity index (χ0) is 22.4. The highest BCUT2D eigenvalue weighted by atomic mass is 35.5. The number of ether oxygens (including phenoxy) is 2. The molecule has 1 amide bonds. The minimum absolute atomic E-state index is 0.155. The first-order valence-electron chi connectivity index (χ1n) is 9.26. The third-order valence-corrected chi connectivity index (χ3v) is 8.86. The van der Waals surface area contributed by atoms with Crippen LogP contribution in [0, 0.1) is 0 Å². The highest BCUT2D eigenvalue weighted by molar-refractivity contribution is 7.90. The van der Waals surface area contributed by atoms with E-state index in [0.29, 0.717) is 29.4 Å². The molecule has 166 valence electrons. The number of fused-ring (bicyclic) bond motifs is 1. The van der Waals surface area contributed by atoms with Crippen molar-refractivity contribution in [2.24, 2.45) is 10.7 Å². The number of nitrogens with zero attached hydrogens (tertiary/aromatic N) is 3. The number of anilines is 1. The monoisotopic (exact) mass is 485 g/mol. The largest absolute Gasteiger partial charge is 0.481 e. The van der Waals surface area contributed by atoms with Crippen LogP contribution in [0.3, 0.4) is 0 Å². The standard InChI is InChI=1S/C18H20ClN5O5S2/c1-24-17(20)23-18(7-4-8-29-16(18)31(24,26)27)14-10(19)9-11(30-14)15(25)22-12-5-3-6-13(21-12)28-2/h3,5-6,9,16H,4,7-8H2,1-2H3,(H2,20,23)(H,21,22,25). The number of thiophene rings is 1. The molecule has 0 spiro atoms. The molecule has 13 heteroatoms. The third kappa shape index (κ3) is 3.63. The van der Waals surface area contributed by atoms with Crippen LogP contribution >= 0.6 is 22.9 Å². The Morgan fingerprint density at radius 3 is 3.00 bits per heavy atom. The fourth-order valence-electron chi connectivity index (χ4n) is 3.60. The molecule has 2 aliphatic heterocycles. The Morgan fingerprint density at radius 2 is 2.26 bits per heavy atom. The lowest BCUT2D eigenvalue weighted by Gasteiger charge is -2.44. The van der Waals surface area contributed by atoms with E-state index in [0.717, 1.165) is 15.6 Å². The Bertz CT molecular complexity index is 1170. The average Bonchev–Trinajstić information content (AvgIpc) is 3.15. The minimum atomic E-state index is -3.92. The maximum absolute atomic E-state index is 13.0. The molecule has 0 saturated carbocycles. The maximum Gasteiger partial charge on any atom is 0.267 e. The number of pyridine rings is 1. The summed E-state index contributed by atoms with van der Waals surface area (Å²) in [6.07, 6.45) is 0.931. The zero-order valence-corrected chi connectivity index (χ0v) is 19.1. The second-order valence-electron chi connectivity index (χ2n) is 7.02. The van der Waals surface area contributed by atoms with Gasteiger partial charge >= 0.3 is 0 Å². The number of nitrogens with one attached hydrogen (secondary N) is 1. The van der Waals surface area contributed by atoms with Gasteiger partial charge in [-0.25, -0.2) is 17.7 Å². The molecule has 0 aromatic carbocycles. The average molecular weight is 486 g/mol. The molecule has 3 N–H and O–H groups in total. The van der Waals surface area contributed by atoms with E-state index in [1.807, 2.05) is 0 Å². The van der Waals surface area contributed by atoms with Gasteiger partial charge in [0.15, 0.2) is 0 Å². The first kappa shape index (κ1) is 21.8. The summed E-state index contributed by atoms with van der Waals surface area (Å²) in [5.74, 6) is 0.0517. The van der Waals surface area contributed by atoms with Crippen LogP contribution in [-0.4, -0.2) is 55.8 Å². The van der Waals surface area contributed by atoms with E-state index in [2.05, 4.69) is 15.3 Å². The van der Waals surface area contributed by atoms with E-state index in [-0.39, 0.29) is 22.5 Å². The van der Waals surface area contributed by atoms with Crippen LogP contribution in [0.1, 0.15) is 27.4 Å². The van der Waals surface area contributed by atoms with E-state index in [9.17, 15) is 13.2 Å². The van der Waals surface area contributed by atoms with Crippen LogP contribution in [0.2, 0.25) is 5.02 Å². The van der Waals surface area contributed by atoms with Gasteiger partial charge in [0.05, 0.1) is 21.9 Å². The maximum atomic E-state index is 13.0. The third-order valence-electron chi connectivity index (χ3n) is 5.13. The van der Waals surface area contributed by atoms with Crippen molar-refractivity contribution in [2.75, 3.05) is 26.1 Å². The van der Waals surface area contributed by atoms with E-state index in [4.69, 9.17) is 26.8 Å². The second-order valence-corrected chi connectivity index (χ2v) is 10.5. The van der Waals surface area contributed by atoms with Crippen molar-refractivity contribution in [3.63, 3.8) is 0 Å². The highest BCUT2D eigenvalue weighted by Gasteiger charge is 2.57. The van der Waals surface area contributed by atoms with Crippen molar-refractivity contribution in [1.29, 1.82) is 0 Å². The molecule has 2 atom stereocenters. The van der Waals surface area contributed by atoms with Gasteiger partial charge in [-0.05, 0) is 25.0 Å². The Morgan fingerprint density at radius 1 is 1.48 bits per heavy atom. The fourth-order valence-corrected chi connectivity index (χ4v) is 6.89. The number of hydrogen-bond donors (Lipinski definition) is 2. The number of halogens is 1. The molecular formula is C18H20ClN5O5S2. The summed E-state index contributed by atoms with van der Waals surface area (Å²) in [7, 11) is -1.12. The Hall–Kier alpha value is -2.41. The number of methoxy groups -OCH3 is 1. The van der Waals surface area contributed by atoms with E-state index < -0.39 is 26.9 Å². The van der Waals surface area contributed by atoms with Crippen LogP contribution in [0.5, 0.6) is 5.88 Å². The number of carbonyl (C=O) groups is 1. The zero-order valence-electron chi connectivity index (χ0n) is 16.7. The summed E-state index contributed by atoms with van der Waals surface area (Å²) in [6, 6.07) is 6.45. The first-order chi connectivity index (χ1) is 14.7. The minimum Gasteiger partial charge on any atom is -0.481 e. The fraction of sp³-hybridized carbons (Fsp3) is 0.389. The molecule has 0 radical (unpaired) electrons. The van der Waals surface area contributed by atoms with Gasteiger partial charge in [0.1, 0.15) is 11.4 Å². The molecule has 2 aromatic heterocycles. The SMILES string of the molecule is COc1cccc(NC(=O)c2cc(Cl)c(C34CCCOC3S(=O)(=O)N(C)C(N)=N4)s2)n1. The van der Waals surface area contributed by atoms with Crippen molar-refractivity contribution in [1.82, 2.24) is 9.29 Å². The molecule has 4 rings (SSSR count). The molecule has 4 heterocycles. The number of guanidine groups is 1. The molecule has 0 bridgehead atoms. The normalized spacial score (nSPS) is 24.8. The summed E-state index contributed by atoms with van der Waals surface area (Å²) in [5.41, 5.74) is 3.34. The quantitative estimate of drug-likeness (QED) is 0.675. The van der Waals surface area contributed by atoms with Gasteiger partial charge in [-0.2, -0.15) is 4.98 Å². The summed E-state index contributed by atoms with van der Waals surface area (Å²) in [4.78, 5) is 22.2. The number of aliphatic imine (C=N–C) groups is 1. The first-order valence-corrected chi connectivity index (χ1v) is 12.0. The van der Waals surface area contributed by atoms with Gasteiger partial charge in [0.25, 0.3) is 15.9 Å². The molecule has 1 fully saturated rings. The summed E-state index contributed by atoms with van der Waals surface area (Å²) in [5, 5.41) is 2.90. The smallest absolute Gasteiger partial charge is 0.267 e. The predicted octanol–water partition coefficient (Wildman–Crippen LogP) is 1.98. The van der Waals surface area contributed by atoms with Crippen LogP contribution in [0.4, 0.5) is 5.82 Å². The van der Waals surface area contributed by atoms with Gasteiger partial charge in [-0.15, -0.1) is 11.3 Å². The number of nitrogens with two attached hydrogens (primary N) is 1. The van der Waals surface area contributed by atoms with Crippen LogP contribution in [-0.2, 0) is 20.3 Å². The van der Waals surface area contributed by atoms with E-state index in [1.54, 1.807) is 18.2 Å². The highest BCUT2D eigenvalue weighted by Crippen LogP contribution is 2.49. The van der Waals surface area contributed by atoms with Crippen molar-refractivity contribution in [2.45, 2.75) is 23.8 Å². The number of rotatable bonds is 4. The van der Waals surface area contributed by atoms with E-state index in [1.165, 1.54) is 20.2 Å². The number of aromatic nitrogens is 1. The van der Waals surface area contributed by atoms with Crippen LogP contribution in [0.15, 0.2) is 29.3 Å². The Kier molecular flexibility index (Phi) is 5.58. The van der Waals surface area contributed by atoms with Gasteiger partial charge in [-0.1, -0.05) is 17.7 Å². The topological polar surface area (TPSA) is 136 Å². The number of sulfonamides is 1. The Balaban J connectivity index is 1.73. The summed E-state index contributed by atoms with van der Waals surface area (Å²) >= 11 is 7.54. The van der Waals surface area contributed by atoms with Crippen LogP contribution < -0.4 is 15.8 Å². The van der Waals surface area contributed by atoms with Crippen molar-refractivity contribution >= 4 is 50.6 Å². The van der Waals surface area contributed by atoms with Crippen LogP contribution in [0.25, 0.3) is 0 Å². The van der Waals surface area contributed by atoms with E-state index >= 15 is 0 Å². The lowest BCUT2D eigenvalue weighted by molar-refractivity contribution is 0.00334. The van der Waals surface area contributed by atoms with Gasteiger partial charge in [0, 0.05) is 19.7 Å². The summed E-state index contributed by atoms with van der Waals surface area (Å²) < 4.78 is 37.6. The molecule has 0 aliphatic carbocycles. The second kappa shape index (κ2) is 7.93. The molecule has 1 saturated heterocycles. The lowest BCUT2D eigenvalue weighted by Crippen LogP contribution is -2.59. The molecule has 31 heavy (non-hydrogen) atoms. The molecule has 10 nitrogen and oxygen atoms in total. The van der Waals surface area contributed by atoms with Crippen molar-refractivity contribution in [3.05, 3.63) is 39.0 Å². The number of amides is 1. The summed E-state index contributed by atoms with van der Waals surface area (Å²) in [6.45, 7) is 0.271. The van der Waals surface area contributed by atoms with Gasteiger partial charge in [-0.3, -0.25) is 4.79 Å². The Labute approximate surface area is 188 Å². The van der Waals surface area contributed by atoms with Gasteiger partial charge in [0.2, 0.25) is 17.3 Å². The molecule has 2 unspecified atom stereocenters. The van der Waals surface area contributed by atoms with Crippen molar-refractivity contribution in [3.8, 4) is 5.88 Å². The molecule has 2 aliphatic rings.